The van der Waals surface area contributed by atoms with Gasteiger partial charge < -0.3 is 4.90 Å². The summed E-state index contributed by atoms with van der Waals surface area (Å²) in [5.74, 6) is -0.0665. The number of carbonyl (C=O) groups excluding carboxylic acids is 1. The zero-order valence-electron chi connectivity index (χ0n) is 13.7. The van der Waals surface area contributed by atoms with E-state index < -0.39 is 9.84 Å². The van der Waals surface area contributed by atoms with Gasteiger partial charge in [0.15, 0.2) is 9.84 Å². The number of sulfone groups is 1. The lowest BCUT2D eigenvalue weighted by atomic mass is 10.1. The number of aryl methyl sites for hydroxylation is 1. The van der Waals surface area contributed by atoms with Crippen molar-refractivity contribution in [2.45, 2.75) is 56.2 Å². The van der Waals surface area contributed by atoms with E-state index in [0.717, 1.165) is 38.5 Å². The highest BCUT2D eigenvalue weighted by molar-refractivity contribution is 7.92. The Hall–Kier alpha value is -1.36. The van der Waals surface area contributed by atoms with Gasteiger partial charge in [-0.2, -0.15) is 0 Å². The van der Waals surface area contributed by atoms with Gasteiger partial charge in [0.2, 0.25) is 5.91 Å². The standard InChI is InChI=1S/C18H25NO3S/c1-19(17-11-10-14-6-2-5-9-16(14)17)18(20)12-13-23(21,22)15-7-3-4-8-15/h2,5-6,9,15,17H,3-4,7-8,10-13H2,1H3. The summed E-state index contributed by atoms with van der Waals surface area (Å²) in [6.07, 6.45) is 5.54. The van der Waals surface area contributed by atoms with Crippen LogP contribution in [0.2, 0.25) is 0 Å². The molecule has 0 aromatic heterocycles. The largest absolute Gasteiger partial charge is 0.339 e. The molecule has 1 amide bonds. The third-order valence-electron chi connectivity index (χ3n) is 5.37. The Kier molecular flexibility index (Phi) is 4.76. The molecule has 5 heteroatoms. The van der Waals surface area contributed by atoms with E-state index in [1.54, 1.807) is 11.9 Å². The van der Waals surface area contributed by atoms with Gasteiger partial charge in [-0.05, 0) is 36.8 Å². The van der Waals surface area contributed by atoms with E-state index >= 15 is 0 Å². The fourth-order valence-corrected chi connectivity index (χ4v) is 5.77. The molecular formula is C18H25NO3S. The summed E-state index contributed by atoms with van der Waals surface area (Å²) < 4.78 is 24.6. The van der Waals surface area contributed by atoms with Gasteiger partial charge in [0.25, 0.3) is 0 Å². The third-order valence-corrected chi connectivity index (χ3v) is 7.63. The van der Waals surface area contributed by atoms with Crippen LogP contribution in [0.4, 0.5) is 0 Å². The van der Waals surface area contributed by atoms with E-state index in [0.29, 0.717) is 0 Å². The minimum Gasteiger partial charge on any atom is -0.339 e. The molecule has 23 heavy (non-hydrogen) atoms. The number of hydrogen-bond acceptors (Lipinski definition) is 3. The van der Waals surface area contributed by atoms with Gasteiger partial charge in [-0.15, -0.1) is 0 Å². The number of benzene rings is 1. The van der Waals surface area contributed by atoms with Gasteiger partial charge in [-0.3, -0.25) is 4.79 Å². The van der Waals surface area contributed by atoms with Crippen LogP contribution in [0.15, 0.2) is 24.3 Å². The first-order valence-electron chi connectivity index (χ1n) is 8.54. The maximum atomic E-state index is 12.5. The Balaban J connectivity index is 1.60. The summed E-state index contributed by atoms with van der Waals surface area (Å²) in [5, 5.41) is -0.215. The minimum atomic E-state index is -3.12. The molecule has 126 valence electrons. The van der Waals surface area contributed by atoms with E-state index in [1.165, 1.54) is 11.1 Å². The fraction of sp³-hybridized carbons (Fsp3) is 0.611. The Labute approximate surface area is 138 Å². The van der Waals surface area contributed by atoms with Crippen molar-refractivity contribution in [1.82, 2.24) is 4.90 Å². The molecule has 0 saturated heterocycles. The second-order valence-electron chi connectivity index (χ2n) is 6.78. The maximum absolute atomic E-state index is 12.5. The van der Waals surface area contributed by atoms with Crippen LogP contribution in [0.3, 0.4) is 0 Å². The van der Waals surface area contributed by atoms with Crippen molar-refractivity contribution in [3.63, 3.8) is 0 Å². The molecule has 2 aliphatic carbocycles. The molecule has 1 fully saturated rings. The average molecular weight is 335 g/mol. The molecule has 0 spiro atoms. The van der Waals surface area contributed by atoms with Crippen LogP contribution in [0.1, 0.15) is 55.7 Å². The molecule has 1 aromatic rings. The van der Waals surface area contributed by atoms with E-state index in [-0.39, 0.29) is 29.4 Å². The molecule has 1 aromatic carbocycles. The molecule has 1 saturated carbocycles. The van der Waals surface area contributed by atoms with E-state index in [4.69, 9.17) is 0 Å². The fourth-order valence-electron chi connectivity index (χ4n) is 3.93. The first kappa shape index (κ1) is 16.5. The quantitative estimate of drug-likeness (QED) is 0.831. The lowest BCUT2D eigenvalue weighted by Crippen LogP contribution is -2.32. The van der Waals surface area contributed by atoms with E-state index in [2.05, 4.69) is 12.1 Å². The van der Waals surface area contributed by atoms with Gasteiger partial charge in [0, 0.05) is 13.5 Å². The van der Waals surface area contributed by atoms with Gasteiger partial charge in [-0.1, -0.05) is 37.1 Å². The minimum absolute atomic E-state index is 0.00476. The van der Waals surface area contributed by atoms with Crippen molar-refractivity contribution < 1.29 is 13.2 Å². The van der Waals surface area contributed by atoms with Crippen molar-refractivity contribution in [3.05, 3.63) is 35.4 Å². The van der Waals surface area contributed by atoms with Crippen molar-refractivity contribution in [2.24, 2.45) is 0 Å². The molecule has 0 heterocycles. The smallest absolute Gasteiger partial charge is 0.223 e. The van der Waals surface area contributed by atoms with E-state index in [9.17, 15) is 13.2 Å². The van der Waals surface area contributed by atoms with Crippen LogP contribution in [0, 0.1) is 0 Å². The van der Waals surface area contributed by atoms with Crippen LogP contribution in [-0.2, 0) is 21.1 Å². The SMILES string of the molecule is CN(C(=O)CCS(=O)(=O)C1CCCC1)C1CCc2ccccc21. The number of carbonyl (C=O) groups is 1. The van der Waals surface area contributed by atoms with Gasteiger partial charge >= 0.3 is 0 Å². The summed E-state index contributed by atoms with van der Waals surface area (Å²) in [4.78, 5) is 14.2. The summed E-state index contributed by atoms with van der Waals surface area (Å²) in [6, 6.07) is 8.30. The molecule has 4 nitrogen and oxygen atoms in total. The van der Waals surface area contributed by atoms with Gasteiger partial charge in [0.05, 0.1) is 17.0 Å². The second kappa shape index (κ2) is 6.63. The lowest BCUT2D eigenvalue weighted by molar-refractivity contribution is -0.131. The molecule has 1 unspecified atom stereocenters. The molecule has 0 aliphatic heterocycles. The molecule has 0 radical (unpaired) electrons. The third kappa shape index (κ3) is 3.44. The Morgan fingerprint density at radius 2 is 1.87 bits per heavy atom. The van der Waals surface area contributed by atoms with Crippen molar-refractivity contribution in [3.8, 4) is 0 Å². The predicted molar refractivity (Wildman–Crippen MR) is 90.9 cm³/mol. The molecular weight excluding hydrogens is 310 g/mol. The lowest BCUT2D eigenvalue weighted by Gasteiger charge is -2.25. The van der Waals surface area contributed by atoms with E-state index in [1.807, 2.05) is 12.1 Å². The summed E-state index contributed by atoms with van der Waals surface area (Å²) >= 11 is 0. The molecule has 0 N–H and O–H groups in total. The zero-order chi connectivity index (χ0) is 16.4. The number of fused-ring (bicyclic) bond motifs is 1. The monoisotopic (exact) mass is 335 g/mol. The molecule has 2 aliphatic rings. The molecule has 0 bridgehead atoms. The summed E-state index contributed by atoms with van der Waals surface area (Å²) in [7, 11) is -1.32. The van der Waals surface area contributed by atoms with Crippen LogP contribution >= 0.6 is 0 Å². The number of amides is 1. The van der Waals surface area contributed by atoms with Crippen molar-refractivity contribution in [1.29, 1.82) is 0 Å². The number of nitrogens with zero attached hydrogens (tertiary/aromatic N) is 1. The highest BCUT2D eigenvalue weighted by atomic mass is 32.2. The Morgan fingerprint density at radius 1 is 1.17 bits per heavy atom. The Bertz CT molecular complexity index is 677. The zero-order valence-corrected chi connectivity index (χ0v) is 14.5. The Morgan fingerprint density at radius 3 is 2.61 bits per heavy atom. The summed E-state index contributed by atoms with van der Waals surface area (Å²) in [5.41, 5.74) is 2.51. The van der Waals surface area contributed by atoms with Gasteiger partial charge in [-0.25, -0.2) is 8.42 Å². The maximum Gasteiger partial charge on any atom is 0.223 e. The van der Waals surface area contributed by atoms with Crippen LogP contribution in [0.5, 0.6) is 0 Å². The van der Waals surface area contributed by atoms with Crippen LogP contribution in [-0.4, -0.2) is 37.3 Å². The van der Waals surface area contributed by atoms with Crippen molar-refractivity contribution >= 4 is 15.7 Å². The van der Waals surface area contributed by atoms with Crippen molar-refractivity contribution in [2.75, 3.05) is 12.8 Å². The second-order valence-corrected chi connectivity index (χ2v) is 9.18. The highest BCUT2D eigenvalue weighted by Crippen LogP contribution is 2.35. The molecule has 3 rings (SSSR count). The van der Waals surface area contributed by atoms with Crippen LogP contribution in [0.25, 0.3) is 0 Å². The highest BCUT2D eigenvalue weighted by Gasteiger charge is 2.31. The molecule has 1 atom stereocenters. The average Bonchev–Trinajstić information content (AvgIpc) is 3.21. The summed E-state index contributed by atoms with van der Waals surface area (Å²) in [6.45, 7) is 0. The first-order chi connectivity index (χ1) is 11.0. The van der Waals surface area contributed by atoms with Gasteiger partial charge in [0.1, 0.15) is 0 Å². The first-order valence-corrected chi connectivity index (χ1v) is 10.3. The number of hydrogen-bond donors (Lipinski definition) is 0. The number of rotatable bonds is 5. The predicted octanol–water partition coefficient (Wildman–Crippen LogP) is 2.88. The van der Waals surface area contributed by atoms with Crippen LogP contribution < -0.4 is 0 Å². The topological polar surface area (TPSA) is 54.5 Å². The normalized spacial score (nSPS) is 21.3.